The van der Waals surface area contributed by atoms with E-state index in [4.69, 9.17) is 0 Å². The lowest BCUT2D eigenvalue weighted by molar-refractivity contribution is -0.867. The number of carboxylic acid groups (broad SMARTS) is 1. The van der Waals surface area contributed by atoms with Crippen LogP contribution in [0.3, 0.4) is 0 Å². The quantitative estimate of drug-likeness (QED) is 0.401. The van der Waals surface area contributed by atoms with Crippen molar-refractivity contribution in [1.82, 2.24) is 5.06 Å². The minimum absolute atomic E-state index is 0.0211. The molecule has 0 saturated carbocycles. The SMILES string of the molecule is CCCCCCCCCC[N+](C)(C(=O)O)C1CC(C)(C)N([O])C(C)(C)C1. The Morgan fingerprint density at radius 2 is 1.38 bits per heavy atom. The van der Waals surface area contributed by atoms with E-state index in [0.29, 0.717) is 19.4 Å². The number of unbranched alkanes of at least 4 members (excludes halogenated alkanes) is 7. The summed E-state index contributed by atoms with van der Waals surface area (Å²) in [5.41, 5.74) is -1.05. The van der Waals surface area contributed by atoms with E-state index in [-0.39, 0.29) is 10.5 Å². The van der Waals surface area contributed by atoms with Gasteiger partial charge in [-0.05, 0) is 40.5 Å². The second-order valence-electron chi connectivity index (χ2n) is 9.73. The van der Waals surface area contributed by atoms with Gasteiger partial charge in [0.25, 0.3) is 0 Å². The second kappa shape index (κ2) is 9.52. The highest BCUT2D eigenvalue weighted by molar-refractivity contribution is 5.56. The first-order valence-electron chi connectivity index (χ1n) is 10.5. The Morgan fingerprint density at radius 3 is 1.81 bits per heavy atom. The summed E-state index contributed by atoms with van der Waals surface area (Å²) in [6, 6.07) is -0.0211. The molecule has 1 aliphatic heterocycles. The van der Waals surface area contributed by atoms with Gasteiger partial charge in [-0.15, -0.1) is 10.3 Å². The standard InChI is InChI=1S/C21H41N2O3/c1-7-8-9-10-11-12-13-14-15-23(6,19(24)25)18-16-20(2,3)22(26)21(4,5)17-18/h18H,7-17H2,1-6H3/p+1. The van der Waals surface area contributed by atoms with Gasteiger partial charge in [-0.25, -0.2) is 4.48 Å². The molecule has 0 aromatic heterocycles. The predicted molar refractivity (Wildman–Crippen MR) is 105 cm³/mol. The van der Waals surface area contributed by atoms with Crippen LogP contribution in [0, 0.1) is 0 Å². The number of amides is 1. The van der Waals surface area contributed by atoms with Gasteiger partial charge in [0.2, 0.25) is 0 Å². The van der Waals surface area contributed by atoms with Gasteiger partial charge in [-0.1, -0.05) is 45.4 Å². The molecule has 0 aromatic carbocycles. The molecule has 1 atom stereocenters. The van der Waals surface area contributed by atoms with Gasteiger partial charge < -0.3 is 5.11 Å². The number of piperidine rings is 1. The van der Waals surface area contributed by atoms with Crippen LogP contribution in [-0.2, 0) is 5.21 Å². The molecule has 1 aliphatic rings. The normalized spacial score (nSPS) is 22.9. The van der Waals surface area contributed by atoms with Crippen LogP contribution in [-0.4, -0.2) is 51.5 Å². The zero-order valence-electron chi connectivity index (χ0n) is 18.0. The number of hydrogen-bond acceptors (Lipinski definition) is 2. The molecule has 1 heterocycles. The fourth-order valence-electron chi connectivity index (χ4n) is 4.62. The van der Waals surface area contributed by atoms with Crippen molar-refractivity contribution in [3.63, 3.8) is 0 Å². The molecule has 1 N–H and O–H groups in total. The second-order valence-corrected chi connectivity index (χ2v) is 9.73. The molecule has 0 aliphatic carbocycles. The molecule has 153 valence electrons. The summed E-state index contributed by atoms with van der Waals surface area (Å²) in [5, 5.41) is 23.7. The highest BCUT2D eigenvalue weighted by Crippen LogP contribution is 2.41. The van der Waals surface area contributed by atoms with Crippen molar-refractivity contribution in [2.75, 3.05) is 13.6 Å². The summed E-state index contributed by atoms with van der Waals surface area (Å²) < 4.78 is 0.0382. The zero-order valence-corrected chi connectivity index (χ0v) is 18.0. The first-order valence-corrected chi connectivity index (χ1v) is 10.5. The fourth-order valence-corrected chi connectivity index (χ4v) is 4.62. The average Bonchev–Trinajstić information content (AvgIpc) is 2.54. The van der Waals surface area contributed by atoms with Gasteiger partial charge in [0.1, 0.15) is 6.04 Å². The number of carbonyl (C=O) groups is 1. The third-order valence-electron chi connectivity index (χ3n) is 6.29. The Bertz CT molecular complexity index is 433. The number of hydroxylamine groups is 2. The van der Waals surface area contributed by atoms with E-state index in [2.05, 4.69) is 6.92 Å². The minimum atomic E-state index is -0.760. The fraction of sp³-hybridized carbons (Fsp3) is 0.952. The molecule has 0 spiro atoms. The number of quaternary nitrogens is 1. The van der Waals surface area contributed by atoms with Crippen LogP contribution in [0.15, 0.2) is 0 Å². The monoisotopic (exact) mass is 370 g/mol. The molecule has 1 saturated heterocycles. The molecule has 1 radical (unpaired) electrons. The van der Waals surface area contributed by atoms with Crippen molar-refractivity contribution < 1.29 is 19.6 Å². The third kappa shape index (κ3) is 5.93. The molecule has 0 aromatic rings. The van der Waals surface area contributed by atoms with Crippen LogP contribution in [0.5, 0.6) is 0 Å². The van der Waals surface area contributed by atoms with Crippen molar-refractivity contribution in [3.8, 4) is 0 Å². The Kier molecular flexibility index (Phi) is 8.56. The van der Waals surface area contributed by atoms with Crippen molar-refractivity contribution in [2.45, 2.75) is 116 Å². The lowest BCUT2D eigenvalue weighted by atomic mass is 9.77. The van der Waals surface area contributed by atoms with Gasteiger partial charge in [0, 0.05) is 23.9 Å². The maximum atomic E-state index is 12.6. The number of nitrogens with zero attached hydrogens (tertiary/aromatic N) is 2. The first kappa shape index (κ1) is 23.4. The lowest BCUT2D eigenvalue weighted by Gasteiger charge is -2.52. The van der Waals surface area contributed by atoms with E-state index in [9.17, 15) is 15.1 Å². The Morgan fingerprint density at radius 1 is 0.962 bits per heavy atom. The smallest absolute Gasteiger partial charge is 0.435 e. The van der Waals surface area contributed by atoms with E-state index in [1.54, 1.807) is 0 Å². The minimum Gasteiger partial charge on any atom is -0.435 e. The van der Waals surface area contributed by atoms with Crippen molar-refractivity contribution in [1.29, 1.82) is 0 Å². The lowest BCUT2D eigenvalue weighted by Crippen LogP contribution is -2.67. The first-order chi connectivity index (χ1) is 12.0. The van der Waals surface area contributed by atoms with Crippen LogP contribution < -0.4 is 0 Å². The molecule has 0 bridgehead atoms. The van der Waals surface area contributed by atoms with Crippen LogP contribution in [0.4, 0.5) is 4.79 Å². The molecule has 1 rings (SSSR count). The molecule has 1 fully saturated rings. The highest BCUT2D eigenvalue weighted by Gasteiger charge is 2.54. The van der Waals surface area contributed by atoms with Crippen molar-refractivity contribution in [3.05, 3.63) is 0 Å². The molecule has 1 unspecified atom stereocenters. The van der Waals surface area contributed by atoms with Crippen LogP contribution >= 0.6 is 0 Å². The maximum absolute atomic E-state index is 12.6. The summed E-state index contributed by atoms with van der Waals surface area (Å²) in [5.74, 6) is 0. The molecule has 26 heavy (non-hydrogen) atoms. The Labute approximate surface area is 160 Å². The molecule has 5 heteroatoms. The number of hydrogen-bond donors (Lipinski definition) is 1. The molecule has 1 amide bonds. The van der Waals surface area contributed by atoms with Crippen LogP contribution in [0.25, 0.3) is 0 Å². The van der Waals surface area contributed by atoms with Gasteiger partial charge in [-0.2, -0.15) is 4.79 Å². The molecular formula is C21H42N2O3+. The average molecular weight is 371 g/mol. The Hall–Kier alpha value is -0.650. The Balaban J connectivity index is 2.62. The predicted octanol–water partition coefficient (Wildman–Crippen LogP) is 5.62. The van der Waals surface area contributed by atoms with Crippen molar-refractivity contribution >= 4 is 6.09 Å². The van der Waals surface area contributed by atoms with Crippen LogP contribution in [0.1, 0.15) is 98.8 Å². The summed E-state index contributed by atoms with van der Waals surface area (Å²) >= 11 is 0. The topological polar surface area (TPSA) is 60.4 Å². The molecule has 5 nitrogen and oxygen atoms in total. The summed E-state index contributed by atoms with van der Waals surface area (Å²) in [6.07, 6.45) is 10.2. The summed E-state index contributed by atoms with van der Waals surface area (Å²) in [7, 11) is 1.85. The van der Waals surface area contributed by atoms with E-state index in [0.717, 1.165) is 12.8 Å². The highest BCUT2D eigenvalue weighted by atomic mass is 16.5. The molecular weight excluding hydrogens is 328 g/mol. The number of rotatable bonds is 10. The summed E-state index contributed by atoms with van der Waals surface area (Å²) in [4.78, 5) is 12.1. The van der Waals surface area contributed by atoms with Gasteiger partial charge in [0.05, 0.1) is 13.6 Å². The largest absolute Gasteiger partial charge is 0.513 e. The van der Waals surface area contributed by atoms with Crippen LogP contribution in [0.2, 0.25) is 0 Å². The van der Waals surface area contributed by atoms with E-state index < -0.39 is 17.2 Å². The zero-order chi connectivity index (χ0) is 20.0. The van der Waals surface area contributed by atoms with Gasteiger partial charge >= 0.3 is 6.09 Å². The van der Waals surface area contributed by atoms with E-state index >= 15 is 0 Å². The van der Waals surface area contributed by atoms with Crippen molar-refractivity contribution in [2.24, 2.45) is 0 Å². The van der Waals surface area contributed by atoms with E-state index in [1.807, 2.05) is 34.7 Å². The van der Waals surface area contributed by atoms with Gasteiger partial charge in [0.15, 0.2) is 0 Å². The summed E-state index contributed by atoms with van der Waals surface area (Å²) in [6.45, 7) is 10.6. The third-order valence-corrected chi connectivity index (χ3v) is 6.29. The maximum Gasteiger partial charge on any atom is 0.513 e. The van der Waals surface area contributed by atoms with E-state index in [1.165, 1.54) is 43.6 Å². The van der Waals surface area contributed by atoms with Gasteiger partial charge in [-0.3, -0.25) is 0 Å².